The van der Waals surface area contributed by atoms with Gasteiger partial charge in [-0.25, -0.2) is 4.79 Å². The van der Waals surface area contributed by atoms with Gasteiger partial charge in [0, 0.05) is 41.9 Å². The monoisotopic (exact) mass is 443 g/mol. The van der Waals surface area contributed by atoms with Gasteiger partial charge in [-0.3, -0.25) is 4.79 Å². The predicted molar refractivity (Wildman–Crippen MR) is 115 cm³/mol. The molecule has 0 bridgehead atoms. The van der Waals surface area contributed by atoms with Crippen LogP contribution in [0.3, 0.4) is 0 Å². The molecule has 2 amide bonds. The summed E-state index contributed by atoms with van der Waals surface area (Å²) >= 11 is 1.92. The molecule has 0 radical (unpaired) electrons. The number of nitrogens with one attached hydrogen (secondary N) is 2. The molecule has 3 atom stereocenters. The molecule has 0 unspecified atom stereocenters. The number of fused-ring (bicyclic) bond motifs is 1. The van der Waals surface area contributed by atoms with Crippen molar-refractivity contribution in [2.45, 2.75) is 55.9 Å². The van der Waals surface area contributed by atoms with Crippen molar-refractivity contribution in [3.8, 4) is 0 Å². The summed E-state index contributed by atoms with van der Waals surface area (Å²) in [6.07, 6.45) is 4.89. The van der Waals surface area contributed by atoms with Gasteiger partial charge in [0.1, 0.15) is 5.78 Å². The predicted octanol–water partition coefficient (Wildman–Crippen LogP) is 2.42. The van der Waals surface area contributed by atoms with E-state index in [9.17, 15) is 9.59 Å². The van der Waals surface area contributed by atoms with Gasteiger partial charge >= 0.3 is 6.03 Å². The Bertz CT molecular complexity index is 576. The first kappa shape index (κ1) is 24.7. The summed E-state index contributed by atoms with van der Waals surface area (Å²) in [5, 5.41) is 9.78. The first-order chi connectivity index (χ1) is 14.7. The topological polar surface area (TPSA) is 135 Å². The van der Waals surface area contributed by atoms with Crippen LogP contribution in [0, 0.1) is 0 Å². The molecule has 2 heterocycles. The summed E-state index contributed by atoms with van der Waals surface area (Å²) in [5.41, 5.74) is 8.11. The van der Waals surface area contributed by atoms with E-state index in [4.69, 9.17) is 19.7 Å². The van der Waals surface area contributed by atoms with Gasteiger partial charge in [0.05, 0.1) is 45.1 Å². The molecule has 2 rings (SSSR count). The molecule has 2 saturated heterocycles. The molecular formula is C19H33N5O5S. The third-order valence-corrected chi connectivity index (χ3v) is 6.53. The lowest BCUT2D eigenvalue weighted by atomic mass is 10.0. The van der Waals surface area contributed by atoms with Crippen molar-refractivity contribution in [1.29, 1.82) is 0 Å². The lowest BCUT2D eigenvalue weighted by Crippen LogP contribution is -2.36. The highest BCUT2D eigenvalue weighted by Gasteiger charge is 2.42. The number of ketones is 1. The van der Waals surface area contributed by atoms with E-state index >= 15 is 0 Å². The Morgan fingerprint density at radius 2 is 1.73 bits per heavy atom. The number of carbonyl (C=O) groups excluding carboxylic acids is 2. The Morgan fingerprint density at radius 1 is 1.03 bits per heavy atom. The molecular weight excluding hydrogens is 410 g/mol. The number of hydrogen-bond donors (Lipinski definition) is 2. The second-order valence-corrected chi connectivity index (χ2v) is 8.57. The number of unbranched alkanes of at least 4 members (excludes halogenated alkanes) is 1. The van der Waals surface area contributed by atoms with Crippen LogP contribution in [0.4, 0.5) is 4.79 Å². The lowest BCUT2D eigenvalue weighted by Gasteiger charge is -2.16. The molecule has 10 nitrogen and oxygen atoms in total. The quantitative estimate of drug-likeness (QED) is 0.110. The van der Waals surface area contributed by atoms with E-state index in [1.165, 1.54) is 0 Å². The van der Waals surface area contributed by atoms with Crippen molar-refractivity contribution in [1.82, 2.24) is 10.6 Å². The Hall–Kier alpha value is -1.52. The van der Waals surface area contributed by atoms with Crippen LogP contribution >= 0.6 is 11.8 Å². The van der Waals surface area contributed by atoms with Crippen LogP contribution in [-0.2, 0) is 19.0 Å². The second-order valence-electron chi connectivity index (χ2n) is 7.30. The molecule has 2 N–H and O–H groups in total. The Balaban J connectivity index is 1.32. The summed E-state index contributed by atoms with van der Waals surface area (Å²) in [6.45, 7) is 3.21. The van der Waals surface area contributed by atoms with E-state index in [-0.39, 0.29) is 18.1 Å². The number of carbonyl (C=O) groups is 2. The van der Waals surface area contributed by atoms with E-state index in [0.29, 0.717) is 70.1 Å². The van der Waals surface area contributed by atoms with E-state index in [0.717, 1.165) is 31.4 Å². The van der Waals surface area contributed by atoms with Gasteiger partial charge in [0.15, 0.2) is 0 Å². The number of hydrogen-bond acceptors (Lipinski definition) is 7. The number of rotatable bonds is 18. The lowest BCUT2D eigenvalue weighted by molar-refractivity contribution is -0.119. The highest BCUT2D eigenvalue weighted by Crippen LogP contribution is 2.33. The smallest absolute Gasteiger partial charge is 0.315 e. The van der Waals surface area contributed by atoms with Crippen molar-refractivity contribution in [2.75, 3.05) is 51.9 Å². The summed E-state index contributed by atoms with van der Waals surface area (Å²) in [6, 6.07) is 0.464. The number of urea groups is 1. The van der Waals surface area contributed by atoms with Crippen LogP contribution in [0.2, 0.25) is 0 Å². The minimum absolute atomic E-state index is 0.0489. The standard InChI is InChI=1S/C19H33N5O5S/c20-24-21-7-9-28-11-13-29-12-10-27-8-3-5-15(25)4-1-2-6-17-18-16(14-30-17)22-19(26)23-18/h16-18H,1-14H2,(H2,22,23,26)/t16-,17-,18-/m0/s1. The van der Waals surface area contributed by atoms with Gasteiger partial charge in [-0.05, 0) is 24.8 Å². The fraction of sp³-hybridized carbons (Fsp3) is 0.895. The normalized spacial score (nSPS) is 22.3. The van der Waals surface area contributed by atoms with Gasteiger partial charge in [-0.2, -0.15) is 11.8 Å². The van der Waals surface area contributed by atoms with Crippen LogP contribution < -0.4 is 10.6 Å². The molecule has 0 aromatic heterocycles. The number of thioether (sulfide) groups is 1. The Kier molecular flexibility index (Phi) is 12.6. The molecule has 30 heavy (non-hydrogen) atoms. The summed E-state index contributed by atoms with van der Waals surface area (Å²) in [5.74, 6) is 1.27. The number of Topliss-reactive ketones (excluding diaryl/α,β-unsaturated/α-hetero) is 1. The van der Waals surface area contributed by atoms with E-state index < -0.39 is 0 Å². The van der Waals surface area contributed by atoms with E-state index in [1.54, 1.807) is 0 Å². The molecule has 2 fully saturated rings. The average molecular weight is 444 g/mol. The highest BCUT2D eigenvalue weighted by atomic mass is 32.2. The average Bonchev–Trinajstić information content (AvgIpc) is 3.28. The first-order valence-corrected chi connectivity index (χ1v) is 11.7. The maximum absolute atomic E-state index is 12.0. The minimum atomic E-state index is -0.0489. The fourth-order valence-corrected chi connectivity index (χ4v) is 5.04. The Morgan fingerprint density at radius 3 is 2.50 bits per heavy atom. The number of ether oxygens (including phenoxy) is 3. The van der Waals surface area contributed by atoms with Crippen LogP contribution in [0.1, 0.15) is 38.5 Å². The molecule has 2 aliphatic heterocycles. The molecule has 0 aromatic carbocycles. The van der Waals surface area contributed by atoms with Gasteiger partial charge in [-0.15, -0.1) is 0 Å². The Labute approximate surface area is 181 Å². The van der Waals surface area contributed by atoms with Crippen LogP contribution in [0.5, 0.6) is 0 Å². The largest absolute Gasteiger partial charge is 0.379 e. The molecule has 0 spiro atoms. The second kappa shape index (κ2) is 15.3. The molecule has 2 aliphatic rings. The molecule has 0 aromatic rings. The van der Waals surface area contributed by atoms with Crippen molar-refractivity contribution in [3.05, 3.63) is 10.4 Å². The number of amides is 2. The maximum atomic E-state index is 12.0. The summed E-state index contributed by atoms with van der Waals surface area (Å²) in [7, 11) is 0. The molecule has 0 saturated carbocycles. The third kappa shape index (κ3) is 9.99. The zero-order chi connectivity index (χ0) is 21.4. The molecule has 11 heteroatoms. The van der Waals surface area contributed by atoms with Crippen LogP contribution in [-0.4, -0.2) is 81.1 Å². The summed E-state index contributed by atoms with van der Waals surface area (Å²) in [4.78, 5) is 26.0. The first-order valence-electron chi connectivity index (χ1n) is 10.6. The van der Waals surface area contributed by atoms with Crippen LogP contribution in [0.15, 0.2) is 5.11 Å². The van der Waals surface area contributed by atoms with E-state index in [1.807, 2.05) is 11.8 Å². The number of azide groups is 1. The van der Waals surface area contributed by atoms with Crippen molar-refractivity contribution in [3.63, 3.8) is 0 Å². The van der Waals surface area contributed by atoms with E-state index in [2.05, 4.69) is 20.7 Å². The van der Waals surface area contributed by atoms with Gasteiger partial charge in [0.2, 0.25) is 0 Å². The SMILES string of the molecule is [N-]=[N+]=NCCOCCOCCOCCCC(=O)CCCC[C@@H]1SC[C@@H]2NC(=O)N[C@@H]21. The number of nitrogens with zero attached hydrogens (tertiary/aromatic N) is 3. The van der Waals surface area contributed by atoms with Gasteiger partial charge in [-0.1, -0.05) is 11.5 Å². The van der Waals surface area contributed by atoms with Gasteiger partial charge < -0.3 is 24.8 Å². The van der Waals surface area contributed by atoms with Gasteiger partial charge in [0.25, 0.3) is 0 Å². The third-order valence-electron chi connectivity index (χ3n) is 5.02. The zero-order valence-corrected chi connectivity index (χ0v) is 18.2. The fourth-order valence-electron chi connectivity index (χ4n) is 3.50. The minimum Gasteiger partial charge on any atom is -0.379 e. The zero-order valence-electron chi connectivity index (χ0n) is 17.4. The van der Waals surface area contributed by atoms with Crippen molar-refractivity contribution in [2.24, 2.45) is 5.11 Å². The highest BCUT2D eigenvalue weighted by molar-refractivity contribution is 8.00. The van der Waals surface area contributed by atoms with Crippen LogP contribution in [0.25, 0.3) is 10.4 Å². The van der Waals surface area contributed by atoms with Crippen molar-refractivity contribution < 1.29 is 23.8 Å². The molecule has 0 aliphatic carbocycles. The van der Waals surface area contributed by atoms with Crippen molar-refractivity contribution >= 4 is 23.6 Å². The summed E-state index contributed by atoms with van der Waals surface area (Å²) < 4.78 is 16.0. The molecule has 170 valence electrons. The maximum Gasteiger partial charge on any atom is 0.315 e.